The van der Waals surface area contributed by atoms with Crippen molar-refractivity contribution in [3.63, 3.8) is 0 Å². The molecule has 0 bridgehead atoms. The minimum atomic E-state index is 0.625. The second kappa shape index (κ2) is 12.4. The van der Waals surface area contributed by atoms with Crippen LogP contribution in [0.1, 0.15) is 0 Å². The van der Waals surface area contributed by atoms with Crippen LogP contribution in [0.2, 0.25) is 0 Å². The second-order valence-electron chi connectivity index (χ2n) is 17.7. The molecular formula is C60H33N5O. The first-order chi connectivity index (χ1) is 32.7. The minimum Gasteiger partial charge on any atom is -0.456 e. The number of fused-ring (bicyclic) bond motifs is 10. The summed E-state index contributed by atoms with van der Waals surface area (Å²) in [5.74, 6) is 0.625. The zero-order valence-corrected chi connectivity index (χ0v) is 35.2. The summed E-state index contributed by atoms with van der Waals surface area (Å²) < 4.78 is 13.8. The summed E-state index contributed by atoms with van der Waals surface area (Å²) in [5.41, 5.74) is 15.9. The van der Waals surface area contributed by atoms with Gasteiger partial charge in [0.1, 0.15) is 11.2 Å². The average molecular weight is 840 g/mol. The van der Waals surface area contributed by atoms with Crippen LogP contribution in [0.25, 0.3) is 149 Å². The van der Waals surface area contributed by atoms with Gasteiger partial charge < -0.3 is 13.4 Å². The number of para-hydroxylation sites is 2. The van der Waals surface area contributed by atoms with Crippen molar-refractivity contribution in [3.05, 3.63) is 200 Å². The fourth-order valence-electron chi connectivity index (χ4n) is 11.6. The van der Waals surface area contributed by atoms with Crippen LogP contribution in [0.4, 0.5) is 0 Å². The first-order valence-electron chi connectivity index (χ1n) is 22.5. The number of aromatic nitrogens is 5. The van der Waals surface area contributed by atoms with Gasteiger partial charge in [0.25, 0.3) is 0 Å². The molecule has 0 aliphatic rings. The van der Waals surface area contributed by atoms with Crippen LogP contribution in [0.5, 0.6) is 0 Å². The molecule has 0 fully saturated rings. The van der Waals surface area contributed by atoms with E-state index < -0.39 is 0 Å². The zero-order valence-electron chi connectivity index (χ0n) is 35.2. The van der Waals surface area contributed by atoms with Crippen LogP contribution >= 0.6 is 0 Å². The minimum absolute atomic E-state index is 0.625. The lowest BCUT2D eigenvalue weighted by atomic mass is 10.0. The maximum atomic E-state index is 6.67. The maximum Gasteiger partial charge on any atom is 0.235 e. The fraction of sp³-hybridized carbons (Fsp3) is 0. The van der Waals surface area contributed by atoms with E-state index in [0.29, 0.717) is 5.95 Å². The van der Waals surface area contributed by atoms with E-state index in [0.717, 1.165) is 93.5 Å². The molecule has 0 radical (unpaired) electrons. The Kier molecular flexibility index (Phi) is 6.47. The first-order valence-corrected chi connectivity index (χ1v) is 22.5. The Morgan fingerprint density at radius 2 is 1.03 bits per heavy atom. The third-order valence-corrected chi connectivity index (χ3v) is 14.3. The number of hydrogen-bond acceptors (Lipinski definition) is 3. The molecule has 16 aromatic rings. The molecular weight excluding hydrogens is 807 g/mol. The van der Waals surface area contributed by atoms with Crippen molar-refractivity contribution in [3.8, 4) is 34.0 Å². The van der Waals surface area contributed by atoms with Gasteiger partial charge in [0.2, 0.25) is 5.95 Å². The molecule has 6 heteroatoms. The Balaban J connectivity index is 1.03. The molecule has 6 nitrogen and oxygen atoms in total. The van der Waals surface area contributed by atoms with Gasteiger partial charge in [0.05, 0.1) is 55.2 Å². The van der Waals surface area contributed by atoms with Crippen molar-refractivity contribution in [2.24, 2.45) is 0 Å². The predicted octanol–water partition coefficient (Wildman–Crippen LogP) is 15.6. The van der Waals surface area contributed by atoms with Crippen LogP contribution in [0.3, 0.4) is 0 Å². The Morgan fingerprint density at radius 3 is 1.94 bits per heavy atom. The molecule has 0 unspecified atom stereocenters. The van der Waals surface area contributed by atoms with Gasteiger partial charge >= 0.3 is 0 Å². The first kappa shape index (κ1) is 34.5. The lowest BCUT2D eigenvalue weighted by Gasteiger charge is -2.14. The van der Waals surface area contributed by atoms with E-state index in [2.05, 4.69) is 214 Å². The van der Waals surface area contributed by atoms with E-state index >= 15 is 0 Å². The van der Waals surface area contributed by atoms with E-state index in [4.69, 9.17) is 14.4 Å². The van der Waals surface area contributed by atoms with Crippen molar-refractivity contribution < 1.29 is 4.42 Å². The lowest BCUT2D eigenvalue weighted by molar-refractivity contribution is 0.669. The van der Waals surface area contributed by atoms with Crippen LogP contribution in [0.15, 0.2) is 205 Å². The molecule has 0 amide bonds. The van der Waals surface area contributed by atoms with Crippen LogP contribution in [-0.2, 0) is 0 Å². The predicted molar refractivity (Wildman–Crippen MR) is 272 cm³/mol. The molecule has 6 aromatic heterocycles. The largest absolute Gasteiger partial charge is 0.456 e. The third kappa shape index (κ3) is 4.35. The fourth-order valence-corrected chi connectivity index (χ4v) is 11.6. The van der Waals surface area contributed by atoms with Crippen LogP contribution in [-0.4, -0.2) is 23.5 Å². The molecule has 0 N–H and O–H groups in total. The molecule has 0 aliphatic carbocycles. The quantitative estimate of drug-likeness (QED) is 0.166. The molecule has 0 saturated carbocycles. The van der Waals surface area contributed by atoms with Crippen LogP contribution < -0.4 is 0 Å². The van der Waals surface area contributed by atoms with Gasteiger partial charge in [-0.05, 0) is 83.2 Å². The molecule has 10 aromatic carbocycles. The van der Waals surface area contributed by atoms with E-state index in [1.807, 2.05) is 0 Å². The Labute approximate surface area is 375 Å². The summed E-state index contributed by atoms with van der Waals surface area (Å²) in [4.78, 5) is 11.3. The summed E-state index contributed by atoms with van der Waals surface area (Å²) in [6.45, 7) is 0. The van der Waals surface area contributed by atoms with E-state index in [1.165, 1.54) is 49.1 Å². The molecule has 0 atom stereocenters. The monoisotopic (exact) mass is 839 g/mol. The molecule has 16 rings (SSSR count). The number of benzene rings is 10. The highest BCUT2D eigenvalue weighted by molar-refractivity contribution is 6.37. The third-order valence-electron chi connectivity index (χ3n) is 14.3. The summed E-state index contributed by atoms with van der Waals surface area (Å²) >= 11 is 0. The van der Waals surface area contributed by atoms with E-state index in [-0.39, 0.29) is 0 Å². The van der Waals surface area contributed by atoms with Gasteiger partial charge in [-0.15, -0.1) is 0 Å². The highest BCUT2D eigenvalue weighted by Crippen LogP contribution is 2.49. The van der Waals surface area contributed by atoms with Gasteiger partial charge in [-0.3, -0.25) is 4.57 Å². The highest BCUT2D eigenvalue weighted by atomic mass is 16.3. The van der Waals surface area contributed by atoms with Crippen molar-refractivity contribution in [1.29, 1.82) is 0 Å². The summed E-state index contributed by atoms with van der Waals surface area (Å²) in [6.07, 6.45) is 0. The molecule has 6 heterocycles. The Bertz CT molecular complexity index is 4700. The lowest BCUT2D eigenvalue weighted by Crippen LogP contribution is -2.04. The smallest absolute Gasteiger partial charge is 0.235 e. The number of rotatable bonds is 4. The van der Waals surface area contributed by atoms with E-state index in [1.54, 1.807) is 0 Å². The normalized spacial score (nSPS) is 12.5. The second-order valence-corrected chi connectivity index (χ2v) is 17.7. The summed E-state index contributed by atoms with van der Waals surface area (Å²) in [7, 11) is 0. The molecule has 304 valence electrons. The number of furan rings is 1. The van der Waals surface area contributed by atoms with Crippen molar-refractivity contribution in [2.45, 2.75) is 0 Å². The average Bonchev–Trinajstić information content (AvgIpc) is 4.10. The van der Waals surface area contributed by atoms with Crippen molar-refractivity contribution in [1.82, 2.24) is 23.5 Å². The standard InChI is InChI=1S/C60H33N5O/c1-2-12-34(13-3-1)36-15-10-16-38(32-36)63-45-20-8-6-18-40(45)42-26-25-37(33-50(42)63)57-44-27-24-35-14-4-5-17-39(35)58(44)62-60(61-57)65-48-30-31-52-56-53-47(22-11-23-51(53)66-52)64-46-21-9-7-19-41(46)43-28-29-49(65)55(54(48)56)59(43)64/h1-33H. The number of hydrogen-bond donors (Lipinski definition) is 0. The van der Waals surface area contributed by atoms with Gasteiger partial charge in [-0.25, -0.2) is 9.97 Å². The molecule has 66 heavy (non-hydrogen) atoms. The maximum absolute atomic E-state index is 6.67. The van der Waals surface area contributed by atoms with E-state index in [9.17, 15) is 0 Å². The van der Waals surface area contributed by atoms with Gasteiger partial charge in [-0.1, -0.05) is 133 Å². The molecule has 0 saturated heterocycles. The summed E-state index contributed by atoms with van der Waals surface area (Å²) in [5, 5.41) is 12.7. The van der Waals surface area contributed by atoms with Gasteiger partial charge in [-0.2, -0.15) is 0 Å². The molecule has 0 aliphatic heterocycles. The van der Waals surface area contributed by atoms with Crippen molar-refractivity contribution in [2.75, 3.05) is 0 Å². The zero-order chi connectivity index (χ0) is 42.8. The van der Waals surface area contributed by atoms with Crippen molar-refractivity contribution >= 4 is 115 Å². The SMILES string of the molecule is c1ccc(-c2cccc(-n3c4ccccc4c4ccc(-c5nc(-n6c7ccc8oc9cccc%10c9c8c7c7c6ccc6c8ccccc8n%10c67)nc6c5ccc5ccccc56)cc43)c2)cc1. The molecule has 0 spiro atoms. The van der Waals surface area contributed by atoms with Gasteiger partial charge in [0, 0.05) is 59.7 Å². The Hall–Kier alpha value is -9.00. The van der Waals surface area contributed by atoms with Gasteiger partial charge in [0.15, 0.2) is 0 Å². The highest BCUT2D eigenvalue weighted by Gasteiger charge is 2.28. The Morgan fingerprint density at radius 1 is 0.348 bits per heavy atom. The van der Waals surface area contributed by atoms with Crippen LogP contribution in [0, 0.1) is 0 Å². The topological polar surface area (TPSA) is 53.2 Å². The summed E-state index contributed by atoms with van der Waals surface area (Å²) in [6, 6.07) is 72.1. The number of nitrogens with zero attached hydrogens (tertiary/aromatic N) is 5.